The van der Waals surface area contributed by atoms with Gasteiger partial charge in [0.2, 0.25) is 11.8 Å². The maximum Gasteiger partial charge on any atom is 0.246 e. The minimum Gasteiger partial charge on any atom is -0.341 e. The summed E-state index contributed by atoms with van der Waals surface area (Å²) < 4.78 is 0. The highest BCUT2D eigenvalue weighted by Gasteiger charge is 2.23. The van der Waals surface area contributed by atoms with Crippen LogP contribution < -0.4 is 0 Å². The summed E-state index contributed by atoms with van der Waals surface area (Å²) in [7, 11) is 2.20. The van der Waals surface area contributed by atoms with E-state index in [1.807, 2.05) is 11.0 Å². The van der Waals surface area contributed by atoms with Crippen molar-refractivity contribution in [3.8, 4) is 0 Å². The maximum absolute atomic E-state index is 12.6. The molecule has 3 rings (SSSR count). The van der Waals surface area contributed by atoms with Gasteiger partial charge >= 0.3 is 0 Å². The van der Waals surface area contributed by atoms with Crippen LogP contribution in [0.2, 0.25) is 10.0 Å². The van der Waals surface area contributed by atoms with E-state index in [9.17, 15) is 9.59 Å². The van der Waals surface area contributed by atoms with Crippen molar-refractivity contribution >= 4 is 41.1 Å². The molecule has 2 amide bonds. The highest BCUT2D eigenvalue weighted by atomic mass is 35.5. The molecule has 1 saturated heterocycles. The summed E-state index contributed by atoms with van der Waals surface area (Å²) in [6, 6.07) is 5.96. The predicted molar refractivity (Wildman–Crippen MR) is 123 cm³/mol. The quantitative estimate of drug-likeness (QED) is 0.579. The summed E-state index contributed by atoms with van der Waals surface area (Å²) in [4.78, 5) is 31.2. The topological polar surface area (TPSA) is 43.9 Å². The lowest BCUT2D eigenvalue weighted by atomic mass is 10.2. The van der Waals surface area contributed by atoms with Crippen molar-refractivity contribution in [3.63, 3.8) is 0 Å². The molecular weight excluding hydrogens is 421 g/mol. The van der Waals surface area contributed by atoms with Gasteiger partial charge in [0, 0.05) is 44.7 Å². The van der Waals surface area contributed by atoms with Gasteiger partial charge in [-0.1, -0.05) is 42.1 Å². The predicted octanol–water partition coefficient (Wildman–Crippen LogP) is 4.33. The second-order valence-corrected chi connectivity index (χ2v) is 9.05. The van der Waals surface area contributed by atoms with Crippen LogP contribution in [0.1, 0.15) is 44.1 Å². The normalized spacial score (nSPS) is 18.6. The molecule has 1 saturated carbocycles. The molecule has 2 aliphatic rings. The second-order valence-electron chi connectivity index (χ2n) is 8.24. The first-order chi connectivity index (χ1) is 14.4. The fourth-order valence-corrected chi connectivity index (χ4v) is 4.56. The van der Waals surface area contributed by atoms with Gasteiger partial charge in [0.1, 0.15) is 0 Å². The Bertz CT molecular complexity index is 778. The van der Waals surface area contributed by atoms with Crippen molar-refractivity contribution in [2.24, 2.45) is 0 Å². The summed E-state index contributed by atoms with van der Waals surface area (Å²) >= 11 is 11.9. The Morgan fingerprint density at radius 3 is 2.67 bits per heavy atom. The van der Waals surface area contributed by atoms with Crippen molar-refractivity contribution in [2.45, 2.75) is 44.6 Å². The zero-order valence-electron chi connectivity index (χ0n) is 17.7. The van der Waals surface area contributed by atoms with Gasteiger partial charge in [-0.2, -0.15) is 0 Å². The van der Waals surface area contributed by atoms with Crippen molar-refractivity contribution in [3.05, 3.63) is 39.9 Å². The summed E-state index contributed by atoms with van der Waals surface area (Å²) in [5.41, 5.74) is 0.816. The molecule has 0 radical (unpaired) electrons. The smallest absolute Gasteiger partial charge is 0.246 e. The van der Waals surface area contributed by atoms with E-state index in [2.05, 4.69) is 11.9 Å². The summed E-state index contributed by atoms with van der Waals surface area (Å²) in [6.45, 7) is 3.40. The summed E-state index contributed by atoms with van der Waals surface area (Å²) in [5, 5.41) is 0.946. The van der Waals surface area contributed by atoms with Gasteiger partial charge in [-0.15, -0.1) is 0 Å². The number of rotatable bonds is 7. The van der Waals surface area contributed by atoms with E-state index in [-0.39, 0.29) is 11.8 Å². The highest BCUT2D eigenvalue weighted by Crippen LogP contribution is 2.23. The minimum absolute atomic E-state index is 0.0864. The lowest BCUT2D eigenvalue weighted by Gasteiger charge is -2.26. The first-order valence-corrected chi connectivity index (χ1v) is 11.6. The molecule has 0 atom stereocenters. The van der Waals surface area contributed by atoms with Crippen LogP contribution in [-0.2, 0) is 9.59 Å². The SMILES string of the molecule is CN(CCCN1CCN(C(=O)C=Cc2ccc(Cl)c(Cl)c2)CCC1=O)C1CCCC1. The van der Waals surface area contributed by atoms with Crippen molar-refractivity contribution < 1.29 is 9.59 Å². The molecule has 1 aromatic carbocycles. The molecule has 7 heteroatoms. The third-order valence-electron chi connectivity index (χ3n) is 6.15. The Balaban J connectivity index is 1.46. The molecule has 0 unspecified atom stereocenters. The summed E-state index contributed by atoms with van der Waals surface area (Å²) in [6.07, 6.45) is 9.89. The number of amides is 2. The van der Waals surface area contributed by atoms with E-state index >= 15 is 0 Å². The Hall–Kier alpha value is -1.56. The van der Waals surface area contributed by atoms with E-state index in [1.54, 1.807) is 23.1 Å². The Labute approximate surface area is 189 Å². The van der Waals surface area contributed by atoms with Crippen molar-refractivity contribution in [2.75, 3.05) is 39.8 Å². The number of hydrogen-bond donors (Lipinski definition) is 0. The Morgan fingerprint density at radius 1 is 1.17 bits per heavy atom. The molecule has 0 bridgehead atoms. The Morgan fingerprint density at radius 2 is 1.93 bits per heavy atom. The van der Waals surface area contributed by atoms with Crippen LogP contribution in [0.5, 0.6) is 0 Å². The molecule has 30 heavy (non-hydrogen) atoms. The number of hydrogen-bond acceptors (Lipinski definition) is 3. The third-order valence-corrected chi connectivity index (χ3v) is 6.89. The van der Waals surface area contributed by atoms with E-state index in [1.165, 1.54) is 31.8 Å². The molecule has 1 heterocycles. The number of carbonyl (C=O) groups excluding carboxylic acids is 2. The zero-order valence-corrected chi connectivity index (χ0v) is 19.2. The van der Waals surface area contributed by atoms with E-state index in [4.69, 9.17) is 23.2 Å². The van der Waals surface area contributed by atoms with Crippen molar-refractivity contribution in [1.29, 1.82) is 0 Å². The van der Waals surface area contributed by atoms with Crippen LogP contribution in [0.15, 0.2) is 24.3 Å². The van der Waals surface area contributed by atoms with Crippen LogP contribution in [0, 0.1) is 0 Å². The second kappa shape index (κ2) is 11.2. The molecule has 164 valence electrons. The maximum atomic E-state index is 12.6. The van der Waals surface area contributed by atoms with E-state index in [0.717, 1.165) is 25.1 Å². The molecule has 0 spiro atoms. The molecular formula is C23H31Cl2N3O2. The van der Waals surface area contributed by atoms with Crippen LogP contribution in [0.3, 0.4) is 0 Å². The average molecular weight is 452 g/mol. The highest BCUT2D eigenvalue weighted by molar-refractivity contribution is 6.42. The average Bonchev–Trinajstić information content (AvgIpc) is 3.21. The first-order valence-electron chi connectivity index (χ1n) is 10.8. The van der Waals surface area contributed by atoms with Gasteiger partial charge in [0.15, 0.2) is 0 Å². The van der Waals surface area contributed by atoms with E-state index in [0.29, 0.717) is 42.1 Å². The third kappa shape index (κ3) is 6.47. The minimum atomic E-state index is -0.0864. The molecule has 2 fully saturated rings. The van der Waals surface area contributed by atoms with Gasteiger partial charge < -0.3 is 14.7 Å². The summed E-state index contributed by atoms with van der Waals surface area (Å²) in [5.74, 6) is 0.0546. The molecule has 1 aromatic rings. The number of halogens is 2. The van der Waals surface area contributed by atoms with Gasteiger partial charge in [-0.25, -0.2) is 0 Å². The number of nitrogens with zero attached hydrogens (tertiary/aromatic N) is 3. The molecule has 0 aromatic heterocycles. The van der Waals surface area contributed by atoms with Crippen LogP contribution in [-0.4, -0.2) is 72.3 Å². The first kappa shape index (κ1) is 23.1. The van der Waals surface area contributed by atoms with Crippen LogP contribution in [0.4, 0.5) is 0 Å². The van der Waals surface area contributed by atoms with Crippen molar-refractivity contribution in [1.82, 2.24) is 14.7 Å². The monoisotopic (exact) mass is 451 g/mol. The molecule has 1 aliphatic heterocycles. The standard InChI is InChI=1S/C23H31Cl2N3O2/c1-26(19-5-2-3-6-19)12-4-13-27-15-16-28(14-11-23(27)30)22(29)10-8-18-7-9-20(24)21(25)17-18/h7-10,17,19H,2-6,11-16H2,1H3. The van der Waals surface area contributed by atoms with Crippen LogP contribution in [0.25, 0.3) is 6.08 Å². The van der Waals surface area contributed by atoms with Gasteiger partial charge in [-0.3, -0.25) is 9.59 Å². The number of benzene rings is 1. The van der Waals surface area contributed by atoms with Gasteiger partial charge in [0.25, 0.3) is 0 Å². The lowest BCUT2D eigenvalue weighted by molar-refractivity contribution is -0.130. The van der Waals surface area contributed by atoms with E-state index < -0.39 is 0 Å². The van der Waals surface area contributed by atoms with Crippen LogP contribution >= 0.6 is 23.2 Å². The lowest BCUT2D eigenvalue weighted by Crippen LogP contribution is -2.37. The zero-order chi connectivity index (χ0) is 21.5. The fourth-order valence-electron chi connectivity index (χ4n) is 4.25. The Kier molecular flexibility index (Phi) is 8.61. The molecule has 0 N–H and O–H groups in total. The largest absolute Gasteiger partial charge is 0.341 e. The number of carbonyl (C=O) groups is 2. The molecule has 5 nitrogen and oxygen atoms in total. The molecule has 1 aliphatic carbocycles. The van der Waals surface area contributed by atoms with Gasteiger partial charge in [0.05, 0.1) is 10.0 Å². The fraction of sp³-hybridized carbons (Fsp3) is 0.565. The van der Waals surface area contributed by atoms with Gasteiger partial charge in [-0.05, 0) is 56.6 Å².